The Morgan fingerprint density at radius 3 is 2.50 bits per heavy atom. The molecule has 2 aromatic carbocycles. The predicted molar refractivity (Wildman–Crippen MR) is 93.4 cm³/mol. The minimum atomic E-state index is -0.567. The molecule has 3 rings (SSSR count). The quantitative estimate of drug-likeness (QED) is 0.918. The van der Waals surface area contributed by atoms with E-state index in [4.69, 9.17) is 0 Å². The van der Waals surface area contributed by atoms with Crippen molar-refractivity contribution in [3.05, 3.63) is 71.3 Å². The summed E-state index contributed by atoms with van der Waals surface area (Å²) < 4.78 is 0. The Bertz CT molecular complexity index is 742. The van der Waals surface area contributed by atoms with Gasteiger partial charge >= 0.3 is 0 Å². The molecule has 0 radical (unpaired) electrons. The van der Waals surface area contributed by atoms with Crippen molar-refractivity contribution in [1.29, 1.82) is 0 Å². The Labute approximate surface area is 142 Å². The van der Waals surface area contributed by atoms with E-state index >= 15 is 0 Å². The first kappa shape index (κ1) is 16.2. The third kappa shape index (κ3) is 3.04. The van der Waals surface area contributed by atoms with Gasteiger partial charge in [-0.05, 0) is 30.5 Å². The fourth-order valence-electron chi connectivity index (χ4n) is 3.02. The Morgan fingerprint density at radius 2 is 1.79 bits per heavy atom. The van der Waals surface area contributed by atoms with Crippen LogP contribution in [0, 0.1) is 0 Å². The second-order valence-electron chi connectivity index (χ2n) is 6.23. The lowest BCUT2D eigenvalue weighted by molar-refractivity contribution is -0.126. The molecule has 1 aliphatic rings. The van der Waals surface area contributed by atoms with Crippen LogP contribution in [0.5, 0.6) is 0 Å². The van der Waals surface area contributed by atoms with Gasteiger partial charge in [-0.3, -0.25) is 9.59 Å². The highest BCUT2D eigenvalue weighted by Crippen LogP contribution is 2.35. The standard InChI is InChI=1S/C20H22N2O2/c1-3-14(2)21-19(23)18-16-11-7-8-12-17(16)20(24)22(18)13-15-9-5-4-6-10-15/h4-12,14,18H,3,13H2,1-2H3,(H,21,23)/t14-,18+/m0/s1. The Kier molecular flexibility index (Phi) is 4.65. The zero-order valence-electron chi connectivity index (χ0n) is 14.0. The number of amides is 2. The van der Waals surface area contributed by atoms with Gasteiger partial charge < -0.3 is 10.2 Å². The van der Waals surface area contributed by atoms with Crippen LogP contribution in [0.1, 0.15) is 47.8 Å². The van der Waals surface area contributed by atoms with E-state index in [-0.39, 0.29) is 17.9 Å². The summed E-state index contributed by atoms with van der Waals surface area (Å²) in [7, 11) is 0. The summed E-state index contributed by atoms with van der Waals surface area (Å²) in [4.78, 5) is 27.3. The Balaban J connectivity index is 1.93. The summed E-state index contributed by atoms with van der Waals surface area (Å²) in [6, 6.07) is 16.7. The fourth-order valence-corrected chi connectivity index (χ4v) is 3.02. The summed E-state index contributed by atoms with van der Waals surface area (Å²) in [5.41, 5.74) is 2.43. The third-order valence-corrected chi connectivity index (χ3v) is 4.50. The lowest BCUT2D eigenvalue weighted by Gasteiger charge is -2.26. The monoisotopic (exact) mass is 322 g/mol. The van der Waals surface area contributed by atoms with Crippen molar-refractivity contribution < 1.29 is 9.59 Å². The van der Waals surface area contributed by atoms with Crippen LogP contribution in [0.15, 0.2) is 54.6 Å². The van der Waals surface area contributed by atoms with Gasteiger partial charge in [0.05, 0.1) is 0 Å². The largest absolute Gasteiger partial charge is 0.352 e. The summed E-state index contributed by atoms with van der Waals surface area (Å²) in [6.07, 6.45) is 0.854. The second-order valence-corrected chi connectivity index (χ2v) is 6.23. The van der Waals surface area contributed by atoms with Crippen molar-refractivity contribution in [3.8, 4) is 0 Å². The van der Waals surface area contributed by atoms with Gasteiger partial charge in [-0.15, -0.1) is 0 Å². The van der Waals surface area contributed by atoms with Crippen molar-refractivity contribution in [2.75, 3.05) is 0 Å². The first-order valence-electron chi connectivity index (χ1n) is 8.36. The smallest absolute Gasteiger partial charge is 0.255 e. The van der Waals surface area contributed by atoms with E-state index in [9.17, 15) is 9.59 Å². The molecule has 124 valence electrons. The van der Waals surface area contributed by atoms with Gasteiger partial charge in [-0.1, -0.05) is 55.5 Å². The van der Waals surface area contributed by atoms with Crippen LogP contribution in [-0.4, -0.2) is 22.8 Å². The summed E-state index contributed by atoms with van der Waals surface area (Å²) in [6.45, 7) is 4.43. The molecule has 0 bridgehead atoms. The number of carbonyl (C=O) groups excluding carboxylic acids is 2. The maximum atomic E-state index is 12.8. The van der Waals surface area contributed by atoms with Gasteiger partial charge in [0.25, 0.3) is 5.91 Å². The molecule has 0 spiro atoms. The maximum absolute atomic E-state index is 12.8. The van der Waals surface area contributed by atoms with Crippen LogP contribution in [0.2, 0.25) is 0 Å². The number of carbonyl (C=O) groups is 2. The van der Waals surface area contributed by atoms with E-state index in [1.165, 1.54) is 0 Å². The van der Waals surface area contributed by atoms with Crippen molar-refractivity contribution >= 4 is 11.8 Å². The lowest BCUT2D eigenvalue weighted by atomic mass is 10.0. The molecule has 1 heterocycles. The van der Waals surface area contributed by atoms with E-state index < -0.39 is 6.04 Å². The van der Waals surface area contributed by atoms with Gasteiger partial charge in [-0.25, -0.2) is 0 Å². The third-order valence-electron chi connectivity index (χ3n) is 4.50. The molecule has 2 amide bonds. The number of nitrogens with one attached hydrogen (secondary N) is 1. The summed E-state index contributed by atoms with van der Waals surface area (Å²) >= 11 is 0. The molecular formula is C20H22N2O2. The molecule has 0 aliphatic carbocycles. The lowest BCUT2D eigenvalue weighted by Crippen LogP contribution is -2.42. The number of benzene rings is 2. The molecule has 4 heteroatoms. The molecule has 2 aromatic rings. The number of fused-ring (bicyclic) bond motifs is 1. The Hall–Kier alpha value is -2.62. The van der Waals surface area contributed by atoms with E-state index in [1.54, 1.807) is 11.0 Å². The molecule has 0 aromatic heterocycles. The minimum absolute atomic E-state index is 0.0824. The van der Waals surface area contributed by atoms with Crippen LogP contribution in [0.3, 0.4) is 0 Å². The number of rotatable bonds is 5. The number of hydrogen-bond donors (Lipinski definition) is 1. The van der Waals surface area contributed by atoms with Crippen LogP contribution in [-0.2, 0) is 11.3 Å². The molecule has 0 fully saturated rings. The molecule has 24 heavy (non-hydrogen) atoms. The van der Waals surface area contributed by atoms with Gasteiger partial charge in [-0.2, -0.15) is 0 Å². The zero-order chi connectivity index (χ0) is 17.1. The van der Waals surface area contributed by atoms with Gasteiger partial charge in [0, 0.05) is 18.2 Å². The predicted octanol–water partition coefficient (Wildman–Crippen LogP) is 3.30. The molecular weight excluding hydrogens is 300 g/mol. The van der Waals surface area contributed by atoms with Crippen LogP contribution in [0.4, 0.5) is 0 Å². The first-order valence-corrected chi connectivity index (χ1v) is 8.36. The van der Waals surface area contributed by atoms with Gasteiger partial charge in [0.1, 0.15) is 6.04 Å². The highest BCUT2D eigenvalue weighted by molar-refractivity contribution is 6.04. The van der Waals surface area contributed by atoms with E-state index in [0.29, 0.717) is 12.1 Å². The fraction of sp³-hybridized carbons (Fsp3) is 0.300. The number of hydrogen-bond acceptors (Lipinski definition) is 2. The van der Waals surface area contributed by atoms with Crippen LogP contribution >= 0.6 is 0 Å². The average molecular weight is 322 g/mol. The van der Waals surface area contributed by atoms with E-state index in [2.05, 4.69) is 5.32 Å². The second kappa shape index (κ2) is 6.87. The van der Waals surface area contributed by atoms with Crippen molar-refractivity contribution in [3.63, 3.8) is 0 Å². The summed E-state index contributed by atoms with van der Waals surface area (Å²) in [5.74, 6) is -0.197. The van der Waals surface area contributed by atoms with Crippen LogP contribution < -0.4 is 5.32 Å². The minimum Gasteiger partial charge on any atom is -0.352 e. The molecule has 2 atom stereocenters. The molecule has 0 saturated carbocycles. The molecule has 1 N–H and O–H groups in total. The number of nitrogens with zero attached hydrogens (tertiary/aromatic N) is 1. The molecule has 0 unspecified atom stereocenters. The average Bonchev–Trinajstić information content (AvgIpc) is 2.88. The first-order chi connectivity index (χ1) is 11.6. The van der Waals surface area contributed by atoms with Crippen LogP contribution in [0.25, 0.3) is 0 Å². The highest BCUT2D eigenvalue weighted by atomic mass is 16.2. The van der Waals surface area contributed by atoms with Crippen molar-refractivity contribution in [1.82, 2.24) is 10.2 Å². The molecule has 1 aliphatic heterocycles. The highest BCUT2D eigenvalue weighted by Gasteiger charge is 2.40. The van der Waals surface area contributed by atoms with Gasteiger partial charge in [0.2, 0.25) is 5.91 Å². The molecule has 4 nitrogen and oxygen atoms in total. The topological polar surface area (TPSA) is 49.4 Å². The zero-order valence-corrected chi connectivity index (χ0v) is 14.0. The van der Waals surface area contributed by atoms with E-state index in [1.807, 2.05) is 62.4 Å². The normalized spacial score (nSPS) is 17.5. The maximum Gasteiger partial charge on any atom is 0.255 e. The summed E-state index contributed by atoms with van der Waals surface area (Å²) in [5, 5.41) is 3.02. The van der Waals surface area contributed by atoms with E-state index in [0.717, 1.165) is 17.5 Å². The SMILES string of the molecule is CC[C@H](C)NC(=O)[C@H]1c2ccccc2C(=O)N1Cc1ccccc1. The van der Waals surface area contributed by atoms with Gasteiger partial charge in [0.15, 0.2) is 0 Å². The molecule has 0 saturated heterocycles. The van der Waals surface area contributed by atoms with Crippen molar-refractivity contribution in [2.24, 2.45) is 0 Å². The Morgan fingerprint density at radius 1 is 1.12 bits per heavy atom. The van der Waals surface area contributed by atoms with Crippen molar-refractivity contribution in [2.45, 2.75) is 38.9 Å².